The third-order valence-electron chi connectivity index (χ3n) is 3.40. The van der Waals surface area contributed by atoms with Crippen LogP contribution in [0.4, 0.5) is 5.82 Å². The quantitative estimate of drug-likeness (QED) is 0.780. The number of rotatable bonds is 2. The predicted octanol–water partition coefficient (Wildman–Crippen LogP) is 0.445. The van der Waals surface area contributed by atoms with Crippen LogP contribution in [-0.2, 0) is 0 Å². The number of nitrogens with one attached hydrogen (secondary N) is 2. The molecule has 2 aliphatic rings. The van der Waals surface area contributed by atoms with E-state index in [1.165, 1.54) is 0 Å². The van der Waals surface area contributed by atoms with Crippen LogP contribution in [-0.4, -0.2) is 35.6 Å². The normalized spacial score (nSPS) is 25.0. The van der Waals surface area contributed by atoms with Gasteiger partial charge in [-0.15, -0.1) is 0 Å². The van der Waals surface area contributed by atoms with Crippen LogP contribution >= 0.6 is 0 Å². The third-order valence-corrected chi connectivity index (χ3v) is 3.40. The summed E-state index contributed by atoms with van der Waals surface area (Å²) >= 11 is 0. The topological polar surface area (TPSA) is 61.0 Å². The SMILES string of the molecule is C[C@H]1CN(c2cc(=O)[nH]c(C3CC3)n2)CCN1. The Morgan fingerprint density at radius 2 is 2.29 bits per heavy atom. The maximum atomic E-state index is 11.6. The molecule has 2 heterocycles. The van der Waals surface area contributed by atoms with Crippen molar-refractivity contribution in [3.8, 4) is 0 Å². The molecule has 0 radical (unpaired) electrons. The van der Waals surface area contributed by atoms with Gasteiger partial charge in [-0.3, -0.25) is 4.79 Å². The van der Waals surface area contributed by atoms with E-state index in [2.05, 4.69) is 27.1 Å². The van der Waals surface area contributed by atoms with Gasteiger partial charge in [-0.25, -0.2) is 4.98 Å². The van der Waals surface area contributed by atoms with Crippen molar-refractivity contribution in [3.63, 3.8) is 0 Å². The zero-order chi connectivity index (χ0) is 11.8. The smallest absolute Gasteiger partial charge is 0.252 e. The molecule has 5 heteroatoms. The Kier molecular flexibility index (Phi) is 2.63. The van der Waals surface area contributed by atoms with Gasteiger partial charge in [0.25, 0.3) is 5.56 Å². The van der Waals surface area contributed by atoms with Crippen LogP contribution < -0.4 is 15.8 Å². The number of aromatic nitrogens is 2. The number of anilines is 1. The van der Waals surface area contributed by atoms with Crippen LogP contribution in [0.5, 0.6) is 0 Å². The lowest BCUT2D eigenvalue weighted by Crippen LogP contribution is -2.49. The maximum Gasteiger partial charge on any atom is 0.252 e. The highest BCUT2D eigenvalue weighted by atomic mass is 16.1. The Morgan fingerprint density at radius 1 is 1.47 bits per heavy atom. The molecule has 0 amide bonds. The largest absolute Gasteiger partial charge is 0.354 e. The first-order valence-electron chi connectivity index (χ1n) is 6.32. The molecule has 1 aromatic heterocycles. The van der Waals surface area contributed by atoms with Gasteiger partial charge in [-0.1, -0.05) is 0 Å². The van der Waals surface area contributed by atoms with E-state index in [0.717, 1.165) is 44.1 Å². The van der Waals surface area contributed by atoms with Crippen LogP contribution in [0.3, 0.4) is 0 Å². The molecule has 0 aromatic carbocycles. The fourth-order valence-corrected chi connectivity index (χ4v) is 2.32. The highest BCUT2D eigenvalue weighted by molar-refractivity contribution is 5.39. The molecule has 1 saturated heterocycles. The van der Waals surface area contributed by atoms with Gasteiger partial charge in [0.1, 0.15) is 11.6 Å². The van der Waals surface area contributed by atoms with Crippen LogP contribution in [0.25, 0.3) is 0 Å². The minimum Gasteiger partial charge on any atom is -0.354 e. The standard InChI is InChI=1S/C12H18N4O/c1-8-7-16(5-4-13-8)10-6-11(17)15-12(14-10)9-2-3-9/h6,8-9,13H,2-5,7H2,1H3,(H,14,15,17)/t8-/m0/s1. The van der Waals surface area contributed by atoms with Gasteiger partial charge >= 0.3 is 0 Å². The average molecular weight is 234 g/mol. The van der Waals surface area contributed by atoms with Crippen molar-refractivity contribution in [2.75, 3.05) is 24.5 Å². The lowest BCUT2D eigenvalue weighted by atomic mass is 10.2. The summed E-state index contributed by atoms with van der Waals surface area (Å²) in [5.41, 5.74) is -0.0249. The molecule has 2 fully saturated rings. The van der Waals surface area contributed by atoms with E-state index in [-0.39, 0.29) is 5.56 Å². The Balaban J connectivity index is 1.88. The zero-order valence-electron chi connectivity index (χ0n) is 10.1. The van der Waals surface area contributed by atoms with Crippen LogP contribution in [0.15, 0.2) is 10.9 Å². The molecule has 0 unspecified atom stereocenters. The molecule has 1 aliphatic heterocycles. The number of H-pyrrole nitrogens is 1. The summed E-state index contributed by atoms with van der Waals surface area (Å²) in [7, 11) is 0. The van der Waals surface area contributed by atoms with Crippen molar-refractivity contribution < 1.29 is 0 Å². The van der Waals surface area contributed by atoms with Crippen molar-refractivity contribution in [1.82, 2.24) is 15.3 Å². The number of aromatic amines is 1. The average Bonchev–Trinajstić information content (AvgIpc) is 3.12. The zero-order valence-corrected chi connectivity index (χ0v) is 10.1. The second kappa shape index (κ2) is 4.14. The lowest BCUT2D eigenvalue weighted by Gasteiger charge is -2.32. The van der Waals surface area contributed by atoms with E-state index in [0.29, 0.717) is 12.0 Å². The second-order valence-electron chi connectivity index (χ2n) is 5.06. The molecule has 2 N–H and O–H groups in total. The van der Waals surface area contributed by atoms with Gasteiger partial charge in [0, 0.05) is 37.7 Å². The van der Waals surface area contributed by atoms with Gasteiger partial charge in [0.2, 0.25) is 0 Å². The van der Waals surface area contributed by atoms with Gasteiger partial charge in [0.15, 0.2) is 0 Å². The van der Waals surface area contributed by atoms with Crippen molar-refractivity contribution >= 4 is 5.82 Å². The molecule has 3 rings (SSSR count). The fraction of sp³-hybridized carbons (Fsp3) is 0.667. The highest BCUT2D eigenvalue weighted by Crippen LogP contribution is 2.37. The first kappa shape index (κ1) is 10.8. The van der Waals surface area contributed by atoms with Crippen molar-refractivity contribution in [3.05, 3.63) is 22.2 Å². The summed E-state index contributed by atoms with van der Waals surface area (Å²) in [6.45, 7) is 4.95. The lowest BCUT2D eigenvalue weighted by molar-refractivity contribution is 0.481. The Labute approximate surface area is 100 Å². The molecule has 1 aromatic rings. The van der Waals surface area contributed by atoms with Gasteiger partial charge in [0.05, 0.1) is 0 Å². The molecule has 0 bridgehead atoms. The number of piperazine rings is 1. The monoisotopic (exact) mass is 234 g/mol. The molecule has 5 nitrogen and oxygen atoms in total. The van der Waals surface area contributed by atoms with Gasteiger partial charge < -0.3 is 15.2 Å². The maximum absolute atomic E-state index is 11.6. The molecular formula is C12H18N4O. The minimum absolute atomic E-state index is 0.0249. The van der Waals surface area contributed by atoms with E-state index in [1.54, 1.807) is 6.07 Å². The van der Waals surface area contributed by atoms with E-state index < -0.39 is 0 Å². The summed E-state index contributed by atoms with van der Waals surface area (Å²) < 4.78 is 0. The number of nitrogens with zero attached hydrogens (tertiary/aromatic N) is 2. The number of hydrogen-bond acceptors (Lipinski definition) is 4. The summed E-state index contributed by atoms with van der Waals surface area (Å²) in [6, 6.07) is 2.07. The van der Waals surface area contributed by atoms with E-state index in [4.69, 9.17) is 0 Å². The molecule has 17 heavy (non-hydrogen) atoms. The van der Waals surface area contributed by atoms with Gasteiger partial charge in [-0.2, -0.15) is 0 Å². The molecular weight excluding hydrogens is 216 g/mol. The van der Waals surface area contributed by atoms with Crippen LogP contribution in [0.1, 0.15) is 31.5 Å². The first-order chi connectivity index (χ1) is 8.22. The number of hydrogen-bond donors (Lipinski definition) is 2. The highest BCUT2D eigenvalue weighted by Gasteiger charge is 2.27. The minimum atomic E-state index is -0.0249. The van der Waals surface area contributed by atoms with Crippen LogP contribution in [0, 0.1) is 0 Å². The van der Waals surface area contributed by atoms with E-state index in [9.17, 15) is 4.79 Å². The Bertz CT molecular complexity index is 466. The molecule has 1 aliphatic carbocycles. The fourth-order valence-electron chi connectivity index (χ4n) is 2.32. The first-order valence-corrected chi connectivity index (χ1v) is 6.32. The Morgan fingerprint density at radius 3 is 3.00 bits per heavy atom. The molecule has 92 valence electrons. The predicted molar refractivity (Wildman–Crippen MR) is 66.5 cm³/mol. The van der Waals surface area contributed by atoms with E-state index >= 15 is 0 Å². The summed E-state index contributed by atoms with van der Waals surface area (Å²) in [4.78, 5) is 21.3. The molecule has 1 saturated carbocycles. The Hall–Kier alpha value is -1.36. The van der Waals surface area contributed by atoms with Crippen LogP contribution in [0.2, 0.25) is 0 Å². The van der Waals surface area contributed by atoms with Crippen molar-refractivity contribution in [2.45, 2.75) is 31.7 Å². The van der Waals surface area contributed by atoms with Gasteiger partial charge in [-0.05, 0) is 19.8 Å². The molecule has 0 spiro atoms. The third kappa shape index (κ3) is 2.34. The summed E-state index contributed by atoms with van der Waals surface area (Å²) in [5, 5.41) is 3.39. The second-order valence-corrected chi connectivity index (χ2v) is 5.06. The van der Waals surface area contributed by atoms with E-state index in [1.807, 2.05) is 0 Å². The van der Waals surface area contributed by atoms with Crippen molar-refractivity contribution in [2.24, 2.45) is 0 Å². The van der Waals surface area contributed by atoms with Crippen molar-refractivity contribution in [1.29, 1.82) is 0 Å². The summed E-state index contributed by atoms with van der Waals surface area (Å²) in [6.07, 6.45) is 2.31. The molecule has 1 atom stereocenters. The summed E-state index contributed by atoms with van der Waals surface area (Å²) in [5.74, 6) is 2.20.